The van der Waals surface area contributed by atoms with E-state index in [1.807, 2.05) is 44.2 Å². The summed E-state index contributed by atoms with van der Waals surface area (Å²) in [7, 11) is 3.18. The third kappa shape index (κ3) is 4.83. The minimum Gasteiger partial charge on any atom is -0.497 e. The highest BCUT2D eigenvalue weighted by Crippen LogP contribution is 2.28. The van der Waals surface area contributed by atoms with Crippen molar-refractivity contribution in [3.05, 3.63) is 47.5 Å². The van der Waals surface area contributed by atoms with Crippen LogP contribution in [0.5, 0.6) is 11.5 Å². The summed E-state index contributed by atoms with van der Waals surface area (Å²) in [6.07, 6.45) is 0. The van der Waals surface area contributed by atoms with Crippen LogP contribution in [0.15, 0.2) is 41.6 Å². The second-order valence-electron chi connectivity index (χ2n) is 6.22. The normalized spacial score (nSPS) is 10.6. The van der Waals surface area contributed by atoms with Crippen molar-refractivity contribution in [3.8, 4) is 22.9 Å². The number of methoxy groups -OCH3 is 2. The van der Waals surface area contributed by atoms with Gasteiger partial charge in [-0.25, -0.2) is 4.98 Å². The fraction of sp³-hybridized carbons (Fsp3) is 0.250. The summed E-state index contributed by atoms with van der Waals surface area (Å²) in [6.45, 7) is 3.96. The Hall–Kier alpha value is -3.00. The quantitative estimate of drug-likeness (QED) is 0.588. The van der Waals surface area contributed by atoms with E-state index in [2.05, 4.69) is 20.5 Å². The number of hydrogen-bond donors (Lipinski definition) is 2. The number of amides is 1. The first-order valence-corrected chi connectivity index (χ1v) is 9.63. The van der Waals surface area contributed by atoms with Gasteiger partial charge in [0.2, 0.25) is 11.1 Å². The lowest BCUT2D eigenvalue weighted by Crippen LogP contribution is -2.15. The van der Waals surface area contributed by atoms with Crippen molar-refractivity contribution in [2.45, 2.75) is 19.0 Å². The van der Waals surface area contributed by atoms with E-state index < -0.39 is 0 Å². The summed E-state index contributed by atoms with van der Waals surface area (Å²) in [5, 5.41) is 10.5. The molecule has 0 saturated carbocycles. The standard InChI is InChI=1S/C20H22N4O3S/c1-12-5-6-13(2)17(7-12)21-18(25)11-28-20-22-19(23-24-20)14-8-15(26-3)10-16(9-14)27-4/h5-10H,11H2,1-4H3,(H,21,25)(H,22,23,24). The number of hydrogen-bond acceptors (Lipinski definition) is 6. The lowest BCUT2D eigenvalue weighted by Gasteiger charge is -2.08. The molecular weight excluding hydrogens is 376 g/mol. The van der Waals surface area contributed by atoms with Crippen LogP contribution in [0.25, 0.3) is 11.4 Å². The molecule has 1 heterocycles. The Morgan fingerprint density at radius 1 is 1.11 bits per heavy atom. The zero-order chi connectivity index (χ0) is 20.1. The summed E-state index contributed by atoms with van der Waals surface area (Å²) < 4.78 is 10.6. The third-order valence-electron chi connectivity index (χ3n) is 4.09. The molecule has 3 rings (SSSR count). The first-order valence-electron chi connectivity index (χ1n) is 8.64. The van der Waals surface area contributed by atoms with Crippen molar-refractivity contribution in [3.63, 3.8) is 0 Å². The number of aryl methyl sites for hydroxylation is 2. The number of rotatable bonds is 7. The average molecular weight is 398 g/mol. The lowest BCUT2D eigenvalue weighted by molar-refractivity contribution is -0.113. The largest absolute Gasteiger partial charge is 0.497 e. The van der Waals surface area contributed by atoms with Crippen LogP contribution in [-0.2, 0) is 4.79 Å². The van der Waals surface area contributed by atoms with Gasteiger partial charge in [0.25, 0.3) is 0 Å². The van der Waals surface area contributed by atoms with Gasteiger partial charge in [0.1, 0.15) is 11.5 Å². The number of carbonyl (C=O) groups is 1. The zero-order valence-electron chi connectivity index (χ0n) is 16.2. The Morgan fingerprint density at radius 2 is 1.82 bits per heavy atom. The Kier molecular flexibility index (Phi) is 6.20. The molecule has 0 saturated heterocycles. The summed E-state index contributed by atoms with van der Waals surface area (Å²) in [4.78, 5) is 16.7. The fourth-order valence-electron chi connectivity index (χ4n) is 2.57. The smallest absolute Gasteiger partial charge is 0.234 e. The van der Waals surface area contributed by atoms with E-state index in [4.69, 9.17) is 9.47 Å². The molecule has 2 N–H and O–H groups in total. The molecule has 1 aromatic heterocycles. The van der Waals surface area contributed by atoms with E-state index >= 15 is 0 Å². The maximum atomic E-state index is 12.3. The second-order valence-corrected chi connectivity index (χ2v) is 7.17. The number of ether oxygens (including phenoxy) is 2. The molecule has 7 nitrogen and oxygen atoms in total. The summed E-state index contributed by atoms with van der Waals surface area (Å²) in [5.41, 5.74) is 3.73. The van der Waals surface area contributed by atoms with Crippen molar-refractivity contribution in [1.29, 1.82) is 0 Å². The molecule has 3 aromatic rings. The van der Waals surface area contributed by atoms with Crippen LogP contribution in [0, 0.1) is 13.8 Å². The monoisotopic (exact) mass is 398 g/mol. The van der Waals surface area contributed by atoms with Crippen LogP contribution in [0.1, 0.15) is 11.1 Å². The molecule has 0 aliphatic carbocycles. The van der Waals surface area contributed by atoms with Gasteiger partial charge >= 0.3 is 0 Å². The highest BCUT2D eigenvalue weighted by atomic mass is 32.2. The zero-order valence-corrected chi connectivity index (χ0v) is 17.0. The topological polar surface area (TPSA) is 89.1 Å². The van der Waals surface area contributed by atoms with E-state index in [0.29, 0.717) is 22.5 Å². The van der Waals surface area contributed by atoms with Crippen LogP contribution >= 0.6 is 11.8 Å². The Bertz CT molecular complexity index is 965. The Morgan fingerprint density at radius 3 is 2.50 bits per heavy atom. The van der Waals surface area contributed by atoms with E-state index in [1.54, 1.807) is 20.3 Å². The number of carbonyl (C=O) groups excluding carboxylic acids is 1. The molecule has 8 heteroatoms. The summed E-state index contributed by atoms with van der Waals surface area (Å²) in [6, 6.07) is 11.4. The van der Waals surface area contributed by atoms with E-state index in [9.17, 15) is 4.79 Å². The molecule has 1 amide bonds. The molecule has 0 aliphatic rings. The Balaban J connectivity index is 1.65. The molecule has 0 radical (unpaired) electrons. The SMILES string of the molecule is COc1cc(OC)cc(-c2nc(SCC(=O)Nc3cc(C)ccc3C)n[nH]2)c1. The van der Waals surface area contributed by atoms with Gasteiger partial charge in [-0.05, 0) is 43.2 Å². The van der Waals surface area contributed by atoms with Crippen molar-refractivity contribution < 1.29 is 14.3 Å². The number of H-pyrrole nitrogens is 1. The Labute approximate surface area is 167 Å². The number of benzene rings is 2. The number of nitrogens with zero attached hydrogens (tertiary/aromatic N) is 2. The predicted molar refractivity (Wildman–Crippen MR) is 110 cm³/mol. The van der Waals surface area contributed by atoms with Crippen molar-refractivity contribution in [1.82, 2.24) is 15.2 Å². The van der Waals surface area contributed by atoms with Gasteiger partial charge in [0, 0.05) is 17.3 Å². The van der Waals surface area contributed by atoms with Gasteiger partial charge in [-0.1, -0.05) is 23.9 Å². The van der Waals surface area contributed by atoms with Crippen LogP contribution in [0.4, 0.5) is 5.69 Å². The maximum absolute atomic E-state index is 12.3. The van der Waals surface area contributed by atoms with Crippen molar-refractivity contribution >= 4 is 23.4 Å². The van der Waals surface area contributed by atoms with Gasteiger partial charge in [-0.3, -0.25) is 9.89 Å². The molecule has 0 unspecified atom stereocenters. The number of aromatic nitrogens is 3. The number of anilines is 1. The molecule has 146 valence electrons. The first-order chi connectivity index (χ1) is 13.5. The highest BCUT2D eigenvalue weighted by Gasteiger charge is 2.12. The average Bonchev–Trinajstić information content (AvgIpc) is 3.18. The van der Waals surface area contributed by atoms with E-state index in [1.165, 1.54) is 11.8 Å². The molecule has 2 aromatic carbocycles. The van der Waals surface area contributed by atoms with Crippen LogP contribution in [-0.4, -0.2) is 41.1 Å². The molecule has 0 fully saturated rings. The fourth-order valence-corrected chi connectivity index (χ4v) is 3.17. The minimum atomic E-state index is -0.104. The summed E-state index contributed by atoms with van der Waals surface area (Å²) in [5.74, 6) is 2.01. The molecule has 0 bridgehead atoms. The van der Waals surface area contributed by atoms with Gasteiger partial charge in [-0.15, -0.1) is 5.10 Å². The molecule has 0 spiro atoms. The van der Waals surface area contributed by atoms with Crippen molar-refractivity contribution in [2.75, 3.05) is 25.3 Å². The van der Waals surface area contributed by atoms with Crippen LogP contribution in [0.3, 0.4) is 0 Å². The second kappa shape index (κ2) is 8.79. The van der Waals surface area contributed by atoms with E-state index in [0.717, 1.165) is 22.4 Å². The van der Waals surface area contributed by atoms with Crippen LogP contribution < -0.4 is 14.8 Å². The highest BCUT2D eigenvalue weighted by molar-refractivity contribution is 7.99. The molecule has 0 atom stereocenters. The predicted octanol–water partition coefficient (Wildman–Crippen LogP) is 3.84. The van der Waals surface area contributed by atoms with Gasteiger partial charge in [-0.2, -0.15) is 0 Å². The first kappa shape index (κ1) is 19.8. The summed E-state index contributed by atoms with van der Waals surface area (Å²) >= 11 is 1.27. The van der Waals surface area contributed by atoms with Gasteiger partial charge in [0.05, 0.1) is 20.0 Å². The number of nitrogens with one attached hydrogen (secondary N) is 2. The van der Waals surface area contributed by atoms with Crippen LogP contribution in [0.2, 0.25) is 0 Å². The maximum Gasteiger partial charge on any atom is 0.234 e. The van der Waals surface area contributed by atoms with Crippen molar-refractivity contribution in [2.24, 2.45) is 0 Å². The van der Waals surface area contributed by atoms with Gasteiger partial charge < -0.3 is 14.8 Å². The molecular formula is C20H22N4O3S. The molecule has 28 heavy (non-hydrogen) atoms. The number of thioether (sulfide) groups is 1. The van der Waals surface area contributed by atoms with Gasteiger partial charge in [0.15, 0.2) is 5.82 Å². The lowest BCUT2D eigenvalue weighted by atomic mass is 10.1. The van der Waals surface area contributed by atoms with E-state index in [-0.39, 0.29) is 11.7 Å². The molecule has 0 aliphatic heterocycles. The number of aromatic amines is 1. The third-order valence-corrected chi connectivity index (χ3v) is 4.94. The minimum absolute atomic E-state index is 0.104.